The van der Waals surface area contributed by atoms with Gasteiger partial charge in [-0.1, -0.05) is 30.7 Å². The van der Waals surface area contributed by atoms with Gasteiger partial charge in [0.1, 0.15) is 5.75 Å². The average Bonchev–Trinajstić information content (AvgIpc) is 2.80. The minimum Gasteiger partial charge on any atom is -0.496 e. The first kappa shape index (κ1) is 27.2. The van der Waals surface area contributed by atoms with Crippen LogP contribution in [-0.4, -0.2) is 48.7 Å². The Balaban J connectivity index is 2.48. The molecule has 0 atom stereocenters. The Hall–Kier alpha value is -3.10. The minimum atomic E-state index is -1.12. The van der Waals surface area contributed by atoms with Gasteiger partial charge < -0.3 is 14.4 Å². The summed E-state index contributed by atoms with van der Waals surface area (Å²) in [5.74, 6) is -0.187. The van der Waals surface area contributed by atoms with E-state index in [-0.39, 0.29) is 5.91 Å². The predicted molar refractivity (Wildman–Crippen MR) is 136 cm³/mol. The van der Waals surface area contributed by atoms with Crippen molar-refractivity contribution < 1.29 is 24.0 Å². The van der Waals surface area contributed by atoms with Gasteiger partial charge in [0, 0.05) is 23.8 Å². The van der Waals surface area contributed by atoms with Crippen LogP contribution in [0.15, 0.2) is 42.0 Å². The number of nitrogens with zero attached hydrogens (tertiary/aromatic N) is 1. The Morgan fingerprint density at radius 3 is 2.41 bits per heavy atom. The molecular formula is C26H35BN2O5. The van der Waals surface area contributed by atoms with Gasteiger partial charge in [-0.15, -0.1) is 0 Å². The third kappa shape index (κ3) is 6.27. The standard InChI is InChI=1S/C26H35BN2O5/c1-9-17(2)15-20-16-19(13-14-22(20)27(32)34-8)25(31)29(26(4,5)6)28-24(30)21-11-10-12-23(33-7)18(21)3/h10-16,32H,9H2,1-8H3,(H,28,30)/b17-15+. The van der Waals surface area contributed by atoms with Crippen LogP contribution >= 0.6 is 0 Å². The highest BCUT2D eigenvalue weighted by molar-refractivity contribution is 6.61. The van der Waals surface area contributed by atoms with Crippen LogP contribution in [0.25, 0.3) is 6.08 Å². The maximum absolute atomic E-state index is 13.6. The van der Waals surface area contributed by atoms with Crippen LogP contribution < -0.4 is 15.6 Å². The van der Waals surface area contributed by atoms with Gasteiger partial charge in [-0.05, 0) is 76.3 Å². The molecule has 7 nitrogen and oxygen atoms in total. The van der Waals surface area contributed by atoms with Gasteiger partial charge in [-0.3, -0.25) is 15.0 Å². The van der Waals surface area contributed by atoms with Gasteiger partial charge in [0.2, 0.25) is 0 Å². The van der Waals surface area contributed by atoms with Crippen molar-refractivity contribution in [2.45, 2.75) is 53.5 Å². The molecule has 0 unspecified atom stereocenters. The summed E-state index contributed by atoms with van der Waals surface area (Å²) in [6.07, 6.45) is 2.75. The number of hydrogen-bond donors (Lipinski definition) is 2. The molecule has 0 spiro atoms. The number of carbonyl (C=O) groups is 2. The molecule has 0 fully saturated rings. The van der Waals surface area contributed by atoms with Gasteiger partial charge in [0.05, 0.1) is 12.6 Å². The Bertz CT molecular complexity index is 1080. The first-order valence-corrected chi connectivity index (χ1v) is 11.3. The van der Waals surface area contributed by atoms with Crippen molar-refractivity contribution >= 4 is 30.5 Å². The highest BCUT2D eigenvalue weighted by atomic mass is 16.5. The molecule has 0 aromatic heterocycles. The smallest absolute Gasteiger partial charge is 0.491 e. The van der Waals surface area contributed by atoms with E-state index in [9.17, 15) is 14.6 Å². The molecule has 8 heteroatoms. The maximum atomic E-state index is 13.6. The van der Waals surface area contributed by atoms with E-state index in [4.69, 9.17) is 9.39 Å². The number of ether oxygens (including phenoxy) is 1. The van der Waals surface area contributed by atoms with Crippen LogP contribution in [0.2, 0.25) is 0 Å². The van der Waals surface area contributed by atoms with E-state index in [1.807, 2.05) is 40.7 Å². The summed E-state index contributed by atoms with van der Waals surface area (Å²) in [6, 6.07) is 10.2. The molecule has 0 heterocycles. The first-order valence-electron chi connectivity index (χ1n) is 11.3. The fourth-order valence-electron chi connectivity index (χ4n) is 3.45. The Morgan fingerprint density at radius 2 is 1.85 bits per heavy atom. The zero-order valence-electron chi connectivity index (χ0n) is 21.4. The number of rotatable bonds is 7. The number of hydrogen-bond acceptors (Lipinski definition) is 5. The SMILES string of the molecule is CC/C(C)=C/c1cc(C(=O)N(NC(=O)c2cccc(OC)c2C)C(C)(C)C)ccc1B(O)OC. The van der Waals surface area contributed by atoms with Gasteiger partial charge in [-0.2, -0.15) is 0 Å². The second kappa shape index (κ2) is 11.4. The monoisotopic (exact) mass is 466 g/mol. The van der Waals surface area contributed by atoms with Crippen molar-refractivity contribution in [2.75, 3.05) is 14.2 Å². The lowest BCUT2D eigenvalue weighted by atomic mass is 9.75. The lowest BCUT2D eigenvalue weighted by molar-refractivity contribution is 0.0358. The molecule has 0 aliphatic heterocycles. The first-order chi connectivity index (χ1) is 15.9. The minimum absolute atomic E-state index is 0.372. The van der Waals surface area contributed by atoms with Crippen LogP contribution in [0.4, 0.5) is 0 Å². The molecule has 2 N–H and O–H groups in total. The van der Waals surface area contributed by atoms with E-state index in [1.54, 1.807) is 50.4 Å². The number of allylic oxidation sites excluding steroid dienone is 1. The van der Waals surface area contributed by atoms with Crippen LogP contribution in [0.5, 0.6) is 5.75 Å². The second-order valence-electron chi connectivity index (χ2n) is 9.16. The molecule has 2 amide bonds. The van der Waals surface area contributed by atoms with E-state index in [0.717, 1.165) is 12.0 Å². The lowest BCUT2D eigenvalue weighted by Gasteiger charge is -2.35. The topological polar surface area (TPSA) is 88.1 Å². The van der Waals surface area contributed by atoms with E-state index < -0.39 is 18.6 Å². The molecule has 0 aliphatic carbocycles. The second-order valence-corrected chi connectivity index (χ2v) is 9.16. The molecular weight excluding hydrogens is 431 g/mol. The summed E-state index contributed by atoms with van der Waals surface area (Å²) in [5.41, 5.74) is 5.88. The van der Waals surface area contributed by atoms with Gasteiger partial charge in [-0.25, -0.2) is 5.01 Å². The summed E-state index contributed by atoms with van der Waals surface area (Å²) in [4.78, 5) is 26.7. The summed E-state index contributed by atoms with van der Waals surface area (Å²) >= 11 is 0. The summed E-state index contributed by atoms with van der Waals surface area (Å²) in [5, 5.41) is 11.6. The van der Waals surface area contributed by atoms with Crippen LogP contribution in [0.3, 0.4) is 0 Å². The normalized spacial score (nSPS) is 11.7. The number of amides is 2. The largest absolute Gasteiger partial charge is 0.496 e. The van der Waals surface area contributed by atoms with Crippen molar-refractivity contribution in [1.82, 2.24) is 10.4 Å². The molecule has 2 aromatic rings. The van der Waals surface area contributed by atoms with Crippen molar-refractivity contribution in [1.29, 1.82) is 0 Å². The zero-order valence-corrected chi connectivity index (χ0v) is 21.4. The maximum Gasteiger partial charge on any atom is 0.491 e. The molecule has 34 heavy (non-hydrogen) atoms. The Kier molecular flexibility index (Phi) is 9.07. The summed E-state index contributed by atoms with van der Waals surface area (Å²) < 4.78 is 10.4. The Labute approximate surface area is 202 Å². The number of nitrogens with one attached hydrogen (secondary N) is 1. The quantitative estimate of drug-likeness (QED) is 0.480. The highest BCUT2D eigenvalue weighted by Gasteiger charge is 2.31. The average molecular weight is 466 g/mol. The van der Waals surface area contributed by atoms with Crippen LogP contribution in [0.1, 0.15) is 72.9 Å². The van der Waals surface area contributed by atoms with Crippen molar-refractivity contribution in [3.05, 3.63) is 64.2 Å². The molecule has 182 valence electrons. The lowest BCUT2D eigenvalue weighted by Crippen LogP contribution is -2.56. The molecule has 0 radical (unpaired) electrons. The van der Waals surface area contributed by atoms with Gasteiger partial charge in [0.25, 0.3) is 11.8 Å². The van der Waals surface area contributed by atoms with Gasteiger partial charge >= 0.3 is 7.12 Å². The van der Waals surface area contributed by atoms with E-state index in [1.165, 1.54) is 12.1 Å². The molecule has 0 aliphatic rings. The van der Waals surface area contributed by atoms with Gasteiger partial charge in [0.15, 0.2) is 0 Å². The fourth-order valence-corrected chi connectivity index (χ4v) is 3.45. The van der Waals surface area contributed by atoms with E-state index in [2.05, 4.69) is 5.43 Å². The zero-order chi connectivity index (χ0) is 25.6. The predicted octanol–water partition coefficient (Wildman–Crippen LogP) is 3.74. The molecule has 2 aromatic carbocycles. The summed E-state index contributed by atoms with van der Waals surface area (Å²) in [7, 11) is 1.85. The third-order valence-electron chi connectivity index (χ3n) is 5.62. The van der Waals surface area contributed by atoms with E-state index >= 15 is 0 Å². The molecule has 2 rings (SSSR count). The molecule has 0 saturated carbocycles. The molecule has 0 bridgehead atoms. The van der Waals surface area contributed by atoms with Crippen molar-refractivity contribution in [2.24, 2.45) is 0 Å². The van der Waals surface area contributed by atoms with Crippen LogP contribution in [-0.2, 0) is 4.65 Å². The van der Waals surface area contributed by atoms with Crippen LogP contribution in [0, 0.1) is 6.92 Å². The Morgan fingerprint density at radius 1 is 1.18 bits per heavy atom. The number of carbonyl (C=O) groups excluding carboxylic acids is 2. The van der Waals surface area contributed by atoms with E-state index in [0.29, 0.717) is 33.5 Å². The van der Waals surface area contributed by atoms with Crippen molar-refractivity contribution in [3.8, 4) is 5.75 Å². The molecule has 0 saturated heterocycles. The van der Waals surface area contributed by atoms with Crippen molar-refractivity contribution in [3.63, 3.8) is 0 Å². The third-order valence-corrected chi connectivity index (χ3v) is 5.62. The summed E-state index contributed by atoms with van der Waals surface area (Å²) in [6.45, 7) is 11.3. The highest BCUT2D eigenvalue weighted by Crippen LogP contribution is 2.22. The fraction of sp³-hybridized carbons (Fsp3) is 0.385. The number of benzene rings is 2. The number of methoxy groups -OCH3 is 1. The number of hydrazine groups is 1.